The van der Waals surface area contributed by atoms with Gasteiger partial charge in [0.25, 0.3) is 0 Å². The molecule has 0 spiro atoms. The van der Waals surface area contributed by atoms with Gasteiger partial charge < -0.3 is 19.9 Å². The van der Waals surface area contributed by atoms with Crippen molar-refractivity contribution in [3.63, 3.8) is 0 Å². The normalized spacial score (nSPS) is 18.5. The fourth-order valence-corrected chi connectivity index (χ4v) is 2.78. The molecule has 1 aromatic heterocycles. The van der Waals surface area contributed by atoms with Crippen molar-refractivity contribution in [3.05, 3.63) is 30.2 Å². The Morgan fingerprint density at radius 3 is 3.12 bits per heavy atom. The van der Waals surface area contributed by atoms with Crippen molar-refractivity contribution in [2.45, 2.75) is 38.8 Å². The number of nitrogens with two attached hydrogens (primary N) is 1. The smallest absolute Gasteiger partial charge is 0.246 e. The highest BCUT2D eigenvalue weighted by Gasteiger charge is 2.25. The van der Waals surface area contributed by atoms with E-state index in [-0.39, 0.29) is 5.91 Å². The van der Waals surface area contributed by atoms with Gasteiger partial charge >= 0.3 is 0 Å². The second-order valence-electron chi connectivity index (χ2n) is 5.83. The van der Waals surface area contributed by atoms with Crippen molar-refractivity contribution in [2.24, 2.45) is 5.73 Å². The minimum atomic E-state index is -0.433. The third-order valence-electron chi connectivity index (χ3n) is 4.02. The van der Waals surface area contributed by atoms with Crippen molar-refractivity contribution < 1.29 is 14.1 Å². The molecule has 1 amide bonds. The molecular formula is C17H22N4O3. The Morgan fingerprint density at radius 1 is 1.42 bits per heavy atom. The summed E-state index contributed by atoms with van der Waals surface area (Å²) in [6.45, 7) is 3.50. The van der Waals surface area contributed by atoms with Crippen LogP contribution in [0.25, 0.3) is 11.4 Å². The van der Waals surface area contributed by atoms with Gasteiger partial charge in [-0.15, -0.1) is 0 Å². The Bertz CT molecular complexity index is 701. The van der Waals surface area contributed by atoms with Crippen LogP contribution in [0.4, 0.5) is 0 Å². The summed E-state index contributed by atoms with van der Waals surface area (Å²) in [5, 5.41) is 4.01. The van der Waals surface area contributed by atoms with E-state index in [1.165, 1.54) is 0 Å². The summed E-state index contributed by atoms with van der Waals surface area (Å²) in [4.78, 5) is 18.3. The van der Waals surface area contributed by atoms with Gasteiger partial charge in [0, 0.05) is 12.1 Å². The highest BCUT2D eigenvalue weighted by molar-refractivity contribution is 5.81. The average molecular weight is 330 g/mol. The molecule has 2 aromatic rings. The topological polar surface area (TPSA) is 94.5 Å². The first-order valence-corrected chi connectivity index (χ1v) is 8.27. The number of likely N-dealkylation sites (tertiary alicyclic amines) is 1. The molecule has 128 valence electrons. The van der Waals surface area contributed by atoms with Crippen LogP contribution in [-0.2, 0) is 11.3 Å². The third-order valence-corrected chi connectivity index (χ3v) is 4.02. The molecule has 1 fully saturated rings. The van der Waals surface area contributed by atoms with Gasteiger partial charge in [-0.3, -0.25) is 4.79 Å². The number of benzene rings is 1. The molecule has 1 aromatic carbocycles. The summed E-state index contributed by atoms with van der Waals surface area (Å²) in [6.07, 6.45) is 2.63. The van der Waals surface area contributed by atoms with Gasteiger partial charge in [0.2, 0.25) is 17.6 Å². The number of aromatic nitrogens is 2. The first kappa shape index (κ1) is 16.4. The lowest BCUT2D eigenvalue weighted by Crippen LogP contribution is -2.41. The Hall–Kier alpha value is -2.41. The van der Waals surface area contributed by atoms with Gasteiger partial charge in [-0.2, -0.15) is 4.98 Å². The van der Waals surface area contributed by atoms with E-state index in [1.807, 2.05) is 31.2 Å². The van der Waals surface area contributed by atoms with Gasteiger partial charge in [0.1, 0.15) is 12.3 Å². The Kier molecular flexibility index (Phi) is 5.10. The van der Waals surface area contributed by atoms with Crippen LogP contribution in [-0.4, -0.2) is 40.1 Å². The molecule has 1 saturated heterocycles. The van der Waals surface area contributed by atoms with Crippen molar-refractivity contribution in [1.82, 2.24) is 15.0 Å². The second kappa shape index (κ2) is 7.44. The number of nitrogens with zero attached hydrogens (tertiary/aromatic N) is 3. The fraction of sp³-hybridized carbons (Fsp3) is 0.471. The SMILES string of the molecule is CCOc1cccc(-c2noc(CN3CCCCC(N)C3=O)n2)c1. The molecule has 1 atom stereocenters. The first-order valence-electron chi connectivity index (χ1n) is 8.27. The van der Waals surface area contributed by atoms with Crippen molar-refractivity contribution in [2.75, 3.05) is 13.2 Å². The molecule has 0 radical (unpaired) electrons. The van der Waals surface area contributed by atoms with Crippen molar-refractivity contribution in [3.8, 4) is 17.1 Å². The van der Waals surface area contributed by atoms with E-state index >= 15 is 0 Å². The minimum absolute atomic E-state index is 0.0504. The number of hydrogen-bond donors (Lipinski definition) is 1. The van der Waals surface area contributed by atoms with Crippen LogP contribution in [0.1, 0.15) is 32.1 Å². The van der Waals surface area contributed by atoms with E-state index in [4.69, 9.17) is 15.0 Å². The number of carbonyl (C=O) groups is 1. The van der Waals surface area contributed by atoms with Crippen LogP contribution in [0.5, 0.6) is 5.75 Å². The van der Waals surface area contributed by atoms with Crippen LogP contribution < -0.4 is 10.5 Å². The molecule has 1 aliphatic heterocycles. The van der Waals surface area contributed by atoms with Crippen LogP contribution in [0.3, 0.4) is 0 Å². The maximum Gasteiger partial charge on any atom is 0.246 e. The summed E-state index contributed by atoms with van der Waals surface area (Å²) < 4.78 is 10.8. The fourth-order valence-electron chi connectivity index (χ4n) is 2.78. The van der Waals surface area contributed by atoms with Crippen LogP contribution >= 0.6 is 0 Å². The molecule has 0 bridgehead atoms. The number of ether oxygens (including phenoxy) is 1. The predicted octanol–water partition coefficient (Wildman–Crippen LogP) is 1.98. The van der Waals surface area contributed by atoms with E-state index < -0.39 is 6.04 Å². The van der Waals surface area contributed by atoms with Gasteiger partial charge in [-0.25, -0.2) is 0 Å². The van der Waals surface area contributed by atoms with E-state index in [0.29, 0.717) is 31.4 Å². The highest BCUT2D eigenvalue weighted by Crippen LogP contribution is 2.22. The standard InChI is InChI=1S/C17H22N4O3/c1-2-23-13-7-5-6-12(10-13)16-19-15(24-20-16)11-21-9-4-3-8-14(18)17(21)22/h5-7,10,14H,2-4,8-9,11,18H2,1H3. The highest BCUT2D eigenvalue weighted by atomic mass is 16.5. The largest absolute Gasteiger partial charge is 0.494 e. The lowest BCUT2D eigenvalue weighted by atomic mass is 10.1. The van der Waals surface area contributed by atoms with E-state index in [9.17, 15) is 4.79 Å². The zero-order chi connectivity index (χ0) is 16.9. The van der Waals surface area contributed by atoms with E-state index in [2.05, 4.69) is 10.1 Å². The van der Waals surface area contributed by atoms with Gasteiger partial charge in [-0.1, -0.05) is 17.3 Å². The molecular weight excluding hydrogens is 308 g/mol. The minimum Gasteiger partial charge on any atom is -0.494 e. The molecule has 24 heavy (non-hydrogen) atoms. The molecule has 0 saturated carbocycles. The van der Waals surface area contributed by atoms with E-state index in [1.54, 1.807) is 4.90 Å². The molecule has 7 heteroatoms. The van der Waals surface area contributed by atoms with Gasteiger partial charge in [0.15, 0.2) is 0 Å². The monoisotopic (exact) mass is 330 g/mol. The first-order chi connectivity index (χ1) is 11.7. The summed E-state index contributed by atoms with van der Waals surface area (Å²) in [7, 11) is 0. The maximum atomic E-state index is 12.2. The van der Waals surface area contributed by atoms with Crippen LogP contribution in [0, 0.1) is 0 Å². The lowest BCUT2D eigenvalue weighted by Gasteiger charge is -2.20. The Balaban J connectivity index is 1.73. The van der Waals surface area contributed by atoms with Crippen molar-refractivity contribution in [1.29, 1.82) is 0 Å². The molecule has 7 nitrogen and oxygen atoms in total. The molecule has 1 aliphatic rings. The lowest BCUT2D eigenvalue weighted by molar-refractivity contribution is -0.133. The quantitative estimate of drug-likeness (QED) is 0.901. The number of amides is 1. The number of carbonyl (C=O) groups excluding carboxylic acids is 1. The van der Waals surface area contributed by atoms with E-state index in [0.717, 1.165) is 30.6 Å². The zero-order valence-corrected chi connectivity index (χ0v) is 13.8. The Labute approximate surface area is 140 Å². The van der Waals surface area contributed by atoms with Crippen LogP contribution in [0.2, 0.25) is 0 Å². The summed E-state index contributed by atoms with van der Waals surface area (Å²) in [5.41, 5.74) is 6.71. The third kappa shape index (κ3) is 3.73. The van der Waals surface area contributed by atoms with Crippen LogP contribution in [0.15, 0.2) is 28.8 Å². The summed E-state index contributed by atoms with van der Waals surface area (Å²) >= 11 is 0. The number of hydrogen-bond acceptors (Lipinski definition) is 6. The summed E-state index contributed by atoms with van der Waals surface area (Å²) in [6, 6.07) is 7.09. The molecule has 0 aliphatic carbocycles. The van der Waals surface area contributed by atoms with Gasteiger partial charge in [0.05, 0.1) is 12.6 Å². The predicted molar refractivity (Wildman–Crippen MR) is 88.1 cm³/mol. The van der Waals surface area contributed by atoms with Gasteiger partial charge in [-0.05, 0) is 38.3 Å². The second-order valence-corrected chi connectivity index (χ2v) is 5.83. The zero-order valence-electron chi connectivity index (χ0n) is 13.8. The molecule has 1 unspecified atom stereocenters. The summed E-state index contributed by atoms with van der Waals surface area (Å²) in [5.74, 6) is 1.60. The van der Waals surface area contributed by atoms with Crippen molar-refractivity contribution >= 4 is 5.91 Å². The molecule has 3 rings (SSSR count). The molecule has 2 N–H and O–H groups in total. The molecule has 2 heterocycles. The Morgan fingerprint density at radius 2 is 2.29 bits per heavy atom. The number of rotatable bonds is 5. The maximum absolute atomic E-state index is 12.2. The average Bonchev–Trinajstić information content (AvgIpc) is 3.00.